The summed E-state index contributed by atoms with van der Waals surface area (Å²) in [5.41, 5.74) is 6.71. The van der Waals surface area contributed by atoms with Gasteiger partial charge in [-0.05, 0) is 38.1 Å². The Balaban J connectivity index is 2.32. The molecule has 0 saturated heterocycles. The number of halogens is 1. The normalized spacial score (nSPS) is 10.8. The summed E-state index contributed by atoms with van der Waals surface area (Å²) in [5, 5.41) is 7.42. The Bertz CT molecular complexity index is 503. The lowest BCUT2D eigenvalue weighted by atomic mass is 10.3. The first-order chi connectivity index (χ1) is 8.06. The first-order valence-corrected chi connectivity index (χ1v) is 6.10. The van der Waals surface area contributed by atoms with E-state index in [1.54, 1.807) is 4.68 Å². The molecule has 6 heteroatoms. The lowest BCUT2D eigenvalue weighted by Crippen LogP contribution is -2.11. The Labute approximate surface area is 108 Å². The molecule has 2 rings (SSSR count). The Morgan fingerprint density at radius 1 is 1.29 bits per heavy atom. The highest BCUT2D eigenvalue weighted by Crippen LogP contribution is 2.17. The van der Waals surface area contributed by atoms with Crippen molar-refractivity contribution in [3.05, 3.63) is 28.7 Å². The predicted molar refractivity (Wildman–Crippen MR) is 72.2 cm³/mol. The van der Waals surface area contributed by atoms with E-state index in [1.165, 1.54) is 0 Å². The molecule has 17 heavy (non-hydrogen) atoms. The summed E-state index contributed by atoms with van der Waals surface area (Å²) < 4.78 is 2.62. The van der Waals surface area contributed by atoms with E-state index in [0.717, 1.165) is 10.2 Å². The average molecular weight is 296 g/mol. The van der Waals surface area contributed by atoms with Crippen LogP contribution in [0.25, 0.3) is 5.69 Å². The molecule has 0 radical (unpaired) electrons. The van der Waals surface area contributed by atoms with Gasteiger partial charge in [0.05, 0.1) is 5.69 Å². The van der Waals surface area contributed by atoms with Crippen molar-refractivity contribution in [2.24, 2.45) is 0 Å². The minimum Gasteiger partial charge on any atom is -0.368 e. The summed E-state index contributed by atoms with van der Waals surface area (Å²) in [6, 6.07) is 8.00. The minimum absolute atomic E-state index is 0.273. The van der Waals surface area contributed by atoms with Gasteiger partial charge in [-0.25, -0.2) is 0 Å². The van der Waals surface area contributed by atoms with Gasteiger partial charge >= 0.3 is 0 Å². The lowest BCUT2D eigenvalue weighted by Gasteiger charge is -2.04. The van der Waals surface area contributed by atoms with Crippen molar-refractivity contribution < 1.29 is 0 Å². The third-order valence-electron chi connectivity index (χ3n) is 2.12. The van der Waals surface area contributed by atoms with E-state index < -0.39 is 0 Å². The van der Waals surface area contributed by atoms with Gasteiger partial charge in [0.1, 0.15) is 0 Å². The van der Waals surface area contributed by atoms with Crippen molar-refractivity contribution in [1.82, 2.24) is 14.8 Å². The maximum Gasteiger partial charge on any atom is 0.244 e. The van der Waals surface area contributed by atoms with E-state index in [4.69, 9.17) is 5.73 Å². The Hall–Kier alpha value is -1.56. The van der Waals surface area contributed by atoms with E-state index >= 15 is 0 Å². The van der Waals surface area contributed by atoms with Crippen molar-refractivity contribution in [2.45, 2.75) is 19.9 Å². The summed E-state index contributed by atoms with van der Waals surface area (Å²) in [6.45, 7) is 4.05. The summed E-state index contributed by atoms with van der Waals surface area (Å²) in [4.78, 5) is 4.16. The highest BCUT2D eigenvalue weighted by atomic mass is 79.9. The zero-order chi connectivity index (χ0) is 12.4. The number of hydrogen-bond acceptors (Lipinski definition) is 4. The van der Waals surface area contributed by atoms with E-state index in [2.05, 4.69) is 31.3 Å². The molecule has 0 aliphatic heterocycles. The van der Waals surface area contributed by atoms with Crippen LogP contribution in [0.5, 0.6) is 0 Å². The fourth-order valence-electron chi connectivity index (χ4n) is 1.42. The van der Waals surface area contributed by atoms with Gasteiger partial charge in [0, 0.05) is 10.5 Å². The van der Waals surface area contributed by atoms with Crippen LogP contribution in [0.1, 0.15) is 13.8 Å². The second-order valence-electron chi connectivity index (χ2n) is 3.98. The van der Waals surface area contributed by atoms with Gasteiger partial charge in [-0.1, -0.05) is 15.9 Å². The van der Waals surface area contributed by atoms with Gasteiger partial charge in [0.15, 0.2) is 0 Å². The van der Waals surface area contributed by atoms with Crippen LogP contribution in [0.15, 0.2) is 28.7 Å². The average Bonchev–Trinajstić information content (AvgIpc) is 2.59. The number of rotatable bonds is 3. The topological polar surface area (TPSA) is 68.8 Å². The van der Waals surface area contributed by atoms with Crippen LogP contribution in [0.3, 0.4) is 0 Å². The van der Waals surface area contributed by atoms with Gasteiger partial charge in [-0.15, -0.1) is 5.10 Å². The van der Waals surface area contributed by atoms with Crippen LogP contribution < -0.4 is 11.1 Å². The van der Waals surface area contributed by atoms with Crippen LogP contribution in [-0.2, 0) is 0 Å². The number of anilines is 2. The molecule has 2 aromatic rings. The SMILES string of the molecule is CC(C)Nc1nc(N)n(-c2ccc(Br)cc2)n1. The van der Waals surface area contributed by atoms with Crippen LogP contribution in [-0.4, -0.2) is 20.8 Å². The van der Waals surface area contributed by atoms with Gasteiger partial charge in [-0.3, -0.25) is 0 Å². The quantitative estimate of drug-likeness (QED) is 0.912. The molecule has 0 aliphatic rings. The molecule has 5 nitrogen and oxygen atoms in total. The second-order valence-corrected chi connectivity index (χ2v) is 4.90. The molecule has 0 aliphatic carbocycles. The van der Waals surface area contributed by atoms with Gasteiger partial charge < -0.3 is 11.1 Å². The summed E-state index contributed by atoms with van der Waals surface area (Å²) in [7, 11) is 0. The van der Waals surface area contributed by atoms with E-state index in [9.17, 15) is 0 Å². The summed E-state index contributed by atoms with van der Waals surface area (Å²) in [6.07, 6.45) is 0. The van der Waals surface area contributed by atoms with Gasteiger partial charge in [-0.2, -0.15) is 9.67 Å². The Kier molecular flexibility index (Phi) is 3.33. The molecule has 0 saturated carbocycles. The first-order valence-electron chi connectivity index (χ1n) is 5.31. The molecule has 1 heterocycles. The largest absolute Gasteiger partial charge is 0.368 e. The molecule has 0 atom stereocenters. The van der Waals surface area contributed by atoms with Gasteiger partial charge in [0.25, 0.3) is 0 Å². The molecule has 90 valence electrons. The van der Waals surface area contributed by atoms with Crippen molar-refractivity contribution in [3.8, 4) is 5.69 Å². The van der Waals surface area contributed by atoms with Crippen LogP contribution in [0.2, 0.25) is 0 Å². The van der Waals surface area contributed by atoms with Crippen LogP contribution in [0, 0.1) is 0 Å². The number of benzene rings is 1. The molecule has 1 aromatic heterocycles. The maximum atomic E-state index is 5.82. The standard InChI is InChI=1S/C11H14BrN5/c1-7(2)14-11-15-10(13)17(16-11)9-5-3-8(12)4-6-9/h3-7H,1-2H3,(H3,13,14,15,16). The fraction of sp³-hybridized carbons (Fsp3) is 0.273. The third kappa shape index (κ3) is 2.76. The first kappa shape index (κ1) is 11.9. The Morgan fingerprint density at radius 2 is 1.94 bits per heavy atom. The van der Waals surface area contributed by atoms with E-state index in [1.807, 2.05) is 38.1 Å². The zero-order valence-corrected chi connectivity index (χ0v) is 11.3. The molecule has 0 fully saturated rings. The maximum absolute atomic E-state index is 5.82. The molecule has 0 spiro atoms. The molecule has 0 bridgehead atoms. The summed E-state index contributed by atoms with van der Waals surface area (Å²) >= 11 is 3.39. The zero-order valence-electron chi connectivity index (χ0n) is 9.68. The van der Waals surface area contributed by atoms with Crippen LogP contribution in [0.4, 0.5) is 11.9 Å². The van der Waals surface area contributed by atoms with Crippen molar-refractivity contribution in [2.75, 3.05) is 11.1 Å². The minimum atomic E-state index is 0.273. The van der Waals surface area contributed by atoms with Gasteiger partial charge in [0.2, 0.25) is 11.9 Å². The van der Waals surface area contributed by atoms with E-state index in [0.29, 0.717) is 11.9 Å². The second kappa shape index (κ2) is 4.75. The number of hydrogen-bond donors (Lipinski definition) is 2. The van der Waals surface area contributed by atoms with Crippen molar-refractivity contribution >= 4 is 27.8 Å². The number of aromatic nitrogens is 3. The number of nitrogens with one attached hydrogen (secondary N) is 1. The summed E-state index contributed by atoms with van der Waals surface area (Å²) in [5.74, 6) is 0.913. The number of nitrogens with zero attached hydrogens (tertiary/aromatic N) is 3. The highest BCUT2D eigenvalue weighted by molar-refractivity contribution is 9.10. The van der Waals surface area contributed by atoms with Crippen molar-refractivity contribution in [3.63, 3.8) is 0 Å². The molecule has 1 aromatic carbocycles. The smallest absolute Gasteiger partial charge is 0.244 e. The van der Waals surface area contributed by atoms with Crippen molar-refractivity contribution in [1.29, 1.82) is 0 Å². The molecular formula is C11H14BrN5. The molecule has 0 unspecified atom stereocenters. The fourth-order valence-corrected chi connectivity index (χ4v) is 1.68. The van der Waals surface area contributed by atoms with Crippen LogP contribution >= 0.6 is 15.9 Å². The molecule has 0 amide bonds. The third-order valence-corrected chi connectivity index (χ3v) is 2.65. The number of nitrogen functional groups attached to an aromatic ring is 1. The Morgan fingerprint density at radius 3 is 2.53 bits per heavy atom. The van der Waals surface area contributed by atoms with E-state index in [-0.39, 0.29) is 6.04 Å². The molecular weight excluding hydrogens is 282 g/mol. The lowest BCUT2D eigenvalue weighted by molar-refractivity contribution is 0.849. The highest BCUT2D eigenvalue weighted by Gasteiger charge is 2.09. The monoisotopic (exact) mass is 295 g/mol. The number of nitrogens with two attached hydrogens (primary N) is 1. The molecule has 3 N–H and O–H groups in total. The predicted octanol–water partition coefficient (Wildman–Crippen LogP) is 2.43.